The van der Waals surface area contributed by atoms with Crippen molar-refractivity contribution >= 4 is 34.9 Å². The summed E-state index contributed by atoms with van der Waals surface area (Å²) in [5, 5.41) is 5.62. The number of hydrogen-bond donors (Lipinski definition) is 2. The van der Waals surface area contributed by atoms with E-state index in [1.807, 2.05) is 0 Å². The minimum absolute atomic E-state index is 0.145. The molecule has 0 heterocycles. The highest BCUT2D eigenvalue weighted by Gasteiger charge is 2.09. The second-order valence-corrected chi connectivity index (χ2v) is 5.75. The molecule has 2 N–H and O–H groups in total. The van der Waals surface area contributed by atoms with Crippen molar-refractivity contribution in [2.24, 2.45) is 0 Å². The van der Waals surface area contributed by atoms with Gasteiger partial charge in [-0.1, -0.05) is 0 Å². The first-order valence-electron chi connectivity index (χ1n) is 8.06. The van der Waals surface area contributed by atoms with E-state index in [1.165, 1.54) is 7.11 Å². The molecule has 0 spiro atoms. The first kappa shape index (κ1) is 20.3. The van der Waals surface area contributed by atoms with Crippen LogP contribution in [0.2, 0.25) is 0 Å². The molecule has 2 aromatic rings. The fraction of sp³-hybridized carbons (Fsp3) is 0.211. The van der Waals surface area contributed by atoms with Crippen LogP contribution in [0.25, 0.3) is 0 Å². The molecule has 0 aliphatic heterocycles. The Hall–Kier alpha value is -2.97. The topological polar surface area (TPSA) is 85.9 Å². The van der Waals surface area contributed by atoms with Crippen LogP contribution in [-0.4, -0.2) is 44.4 Å². The van der Waals surface area contributed by atoms with E-state index in [-0.39, 0.29) is 11.0 Å². The fourth-order valence-electron chi connectivity index (χ4n) is 2.09. The van der Waals surface area contributed by atoms with E-state index >= 15 is 0 Å². The summed E-state index contributed by atoms with van der Waals surface area (Å²) in [5.74, 6) is -0.121. The van der Waals surface area contributed by atoms with Crippen LogP contribution in [0.4, 0.5) is 5.69 Å². The number of ether oxygens (including phenoxy) is 3. The number of hydrogen-bond acceptors (Lipinski definition) is 6. The number of rotatable bonds is 7. The largest absolute Gasteiger partial charge is 0.491 e. The van der Waals surface area contributed by atoms with Crippen LogP contribution in [0.3, 0.4) is 0 Å². The van der Waals surface area contributed by atoms with Gasteiger partial charge in [0.1, 0.15) is 12.4 Å². The van der Waals surface area contributed by atoms with Gasteiger partial charge in [-0.25, -0.2) is 4.79 Å². The summed E-state index contributed by atoms with van der Waals surface area (Å²) >= 11 is 5.14. The van der Waals surface area contributed by atoms with E-state index in [0.29, 0.717) is 35.8 Å². The van der Waals surface area contributed by atoms with E-state index in [4.69, 9.17) is 21.7 Å². The van der Waals surface area contributed by atoms with Crippen molar-refractivity contribution in [1.82, 2.24) is 5.32 Å². The Morgan fingerprint density at radius 1 is 0.926 bits per heavy atom. The van der Waals surface area contributed by atoms with Crippen LogP contribution < -0.4 is 15.4 Å². The molecule has 142 valence electrons. The van der Waals surface area contributed by atoms with Gasteiger partial charge >= 0.3 is 5.97 Å². The maximum Gasteiger partial charge on any atom is 0.337 e. The zero-order chi connectivity index (χ0) is 19.6. The average molecular weight is 388 g/mol. The Bertz CT molecular complexity index is 791. The third-order valence-corrected chi connectivity index (χ3v) is 3.67. The van der Waals surface area contributed by atoms with Crippen molar-refractivity contribution in [3.8, 4) is 5.75 Å². The molecular weight excluding hydrogens is 368 g/mol. The SMILES string of the molecule is COCCOc1ccc(C(=O)NC(=S)Nc2ccc(C(=O)OC)cc2)cc1. The fourth-order valence-corrected chi connectivity index (χ4v) is 2.30. The number of carbonyl (C=O) groups excluding carboxylic acids is 2. The number of methoxy groups -OCH3 is 2. The summed E-state index contributed by atoms with van der Waals surface area (Å²) in [6, 6.07) is 13.2. The van der Waals surface area contributed by atoms with Gasteiger partial charge in [0, 0.05) is 18.4 Å². The lowest BCUT2D eigenvalue weighted by Crippen LogP contribution is -2.34. The lowest BCUT2D eigenvalue weighted by atomic mass is 10.2. The second kappa shape index (κ2) is 10.2. The maximum atomic E-state index is 12.2. The Morgan fingerprint density at radius 3 is 2.15 bits per heavy atom. The molecule has 0 fully saturated rings. The standard InChI is InChI=1S/C19H20N2O5S/c1-24-11-12-26-16-9-5-13(6-10-16)17(22)21-19(27)20-15-7-3-14(4-8-15)18(23)25-2/h3-10H,11-12H2,1-2H3,(H2,20,21,22,27). The quantitative estimate of drug-likeness (QED) is 0.428. The molecule has 27 heavy (non-hydrogen) atoms. The summed E-state index contributed by atoms with van der Waals surface area (Å²) in [7, 11) is 2.92. The number of carbonyl (C=O) groups is 2. The van der Waals surface area contributed by atoms with Crippen LogP contribution in [0.1, 0.15) is 20.7 Å². The third kappa shape index (κ3) is 6.36. The summed E-state index contributed by atoms with van der Waals surface area (Å²) in [6.45, 7) is 0.924. The smallest absolute Gasteiger partial charge is 0.337 e. The van der Waals surface area contributed by atoms with Gasteiger partial charge < -0.3 is 19.5 Å². The number of amides is 1. The molecule has 0 aliphatic carbocycles. The lowest BCUT2D eigenvalue weighted by Gasteiger charge is -2.10. The van der Waals surface area contributed by atoms with Gasteiger partial charge in [0.05, 0.1) is 19.3 Å². The minimum Gasteiger partial charge on any atom is -0.491 e. The minimum atomic E-state index is -0.424. The van der Waals surface area contributed by atoms with E-state index in [1.54, 1.807) is 55.6 Å². The zero-order valence-electron chi connectivity index (χ0n) is 15.0. The highest BCUT2D eigenvalue weighted by Crippen LogP contribution is 2.13. The number of nitrogens with one attached hydrogen (secondary N) is 2. The highest BCUT2D eigenvalue weighted by atomic mass is 32.1. The summed E-state index contributed by atoms with van der Waals surface area (Å²) < 4.78 is 15.0. The van der Waals surface area contributed by atoms with Crippen LogP contribution in [0.5, 0.6) is 5.75 Å². The van der Waals surface area contributed by atoms with Crippen molar-refractivity contribution in [3.05, 3.63) is 59.7 Å². The highest BCUT2D eigenvalue weighted by molar-refractivity contribution is 7.80. The molecule has 7 nitrogen and oxygen atoms in total. The molecule has 2 rings (SSSR count). The van der Waals surface area contributed by atoms with Crippen LogP contribution in [-0.2, 0) is 9.47 Å². The van der Waals surface area contributed by atoms with Crippen molar-refractivity contribution in [1.29, 1.82) is 0 Å². The molecule has 0 radical (unpaired) electrons. The molecule has 8 heteroatoms. The number of thiocarbonyl (C=S) groups is 1. The van der Waals surface area contributed by atoms with Crippen LogP contribution in [0, 0.1) is 0 Å². The maximum absolute atomic E-state index is 12.2. The van der Waals surface area contributed by atoms with Gasteiger partial charge in [-0.2, -0.15) is 0 Å². The summed E-state index contributed by atoms with van der Waals surface area (Å²) in [4.78, 5) is 23.6. The van der Waals surface area contributed by atoms with Crippen molar-refractivity contribution < 1.29 is 23.8 Å². The molecule has 2 aromatic carbocycles. The van der Waals surface area contributed by atoms with E-state index in [2.05, 4.69) is 15.4 Å². The van der Waals surface area contributed by atoms with E-state index in [0.717, 1.165) is 0 Å². The predicted molar refractivity (Wildman–Crippen MR) is 105 cm³/mol. The van der Waals surface area contributed by atoms with Gasteiger partial charge in [-0.05, 0) is 60.7 Å². The monoisotopic (exact) mass is 388 g/mol. The lowest BCUT2D eigenvalue weighted by molar-refractivity contribution is 0.0600. The molecular formula is C19H20N2O5S. The normalized spacial score (nSPS) is 10.0. The molecule has 0 saturated heterocycles. The van der Waals surface area contributed by atoms with Gasteiger partial charge in [0.25, 0.3) is 5.91 Å². The van der Waals surface area contributed by atoms with Crippen molar-refractivity contribution in [2.75, 3.05) is 32.8 Å². The summed E-state index contributed by atoms with van der Waals surface area (Å²) in [5.41, 5.74) is 1.50. The molecule has 0 atom stereocenters. The molecule has 1 amide bonds. The van der Waals surface area contributed by atoms with Gasteiger partial charge in [-0.3, -0.25) is 10.1 Å². The molecule has 0 unspecified atom stereocenters. The first-order valence-corrected chi connectivity index (χ1v) is 8.47. The average Bonchev–Trinajstić information content (AvgIpc) is 2.68. The van der Waals surface area contributed by atoms with Crippen LogP contribution >= 0.6 is 12.2 Å². The Balaban J connectivity index is 1.87. The van der Waals surface area contributed by atoms with Gasteiger partial charge in [0.2, 0.25) is 0 Å². The van der Waals surface area contributed by atoms with Crippen LogP contribution in [0.15, 0.2) is 48.5 Å². The molecule has 0 saturated carbocycles. The zero-order valence-corrected chi connectivity index (χ0v) is 15.8. The van der Waals surface area contributed by atoms with Gasteiger partial charge in [-0.15, -0.1) is 0 Å². The first-order chi connectivity index (χ1) is 13.0. The third-order valence-electron chi connectivity index (χ3n) is 3.46. The molecule has 0 aromatic heterocycles. The van der Waals surface area contributed by atoms with Crippen molar-refractivity contribution in [2.45, 2.75) is 0 Å². The molecule has 0 bridgehead atoms. The Labute approximate surface area is 162 Å². The van der Waals surface area contributed by atoms with Crippen molar-refractivity contribution in [3.63, 3.8) is 0 Å². The Kier molecular flexibility index (Phi) is 7.72. The van der Waals surface area contributed by atoms with Gasteiger partial charge in [0.15, 0.2) is 5.11 Å². The molecule has 0 aliphatic rings. The second-order valence-electron chi connectivity index (χ2n) is 5.34. The number of anilines is 1. The predicted octanol–water partition coefficient (Wildman–Crippen LogP) is 2.63. The number of benzene rings is 2. The Morgan fingerprint density at radius 2 is 1.56 bits per heavy atom. The van der Waals surface area contributed by atoms with E-state index < -0.39 is 5.97 Å². The number of esters is 1. The van der Waals surface area contributed by atoms with E-state index in [9.17, 15) is 9.59 Å². The summed E-state index contributed by atoms with van der Waals surface area (Å²) in [6.07, 6.45) is 0.